The van der Waals surface area contributed by atoms with Crippen molar-refractivity contribution >= 4 is 39.8 Å². The molecule has 2 N–H and O–H groups in total. The lowest BCUT2D eigenvalue weighted by Crippen LogP contribution is -2.00. The molecule has 3 rings (SSSR count). The molecule has 21 heavy (non-hydrogen) atoms. The Kier molecular flexibility index (Phi) is 3.95. The molecule has 3 aromatic rings. The second-order valence-electron chi connectivity index (χ2n) is 4.67. The molecule has 0 radical (unpaired) electrons. The van der Waals surface area contributed by atoms with Crippen molar-refractivity contribution in [2.75, 3.05) is 12.4 Å². The molecule has 5 heteroatoms. The third-order valence-corrected chi connectivity index (χ3v) is 4.08. The minimum Gasteiger partial charge on any atom is -0.495 e. The van der Waals surface area contributed by atoms with Crippen LogP contribution in [0, 0.1) is 0 Å². The largest absolute Gasteiger partial charge is 0.495 e. The fourth-order valence-corrected chi connectivity index (χ4v) is 2.72. The predicted octanol–water partition coefficient (Wildman–Crippen LogP) is 5.10. The van der Waals surface area contributed by atoms with Gasteiger partial charge in [0.2, 0.25) is 0 Å². The van der Waals surface area contributed by atoms with Crippen molar-refractivity contribution in [3.05, 3.63) is 58.2 Å². The Morgan fingerprint density at radius 1 is 1.14 bits per heavy atom. The molecular weight excluding hydrogens is 307 g/mol. The first-order valence-corrected chi connectivity index (χ1v) is 7.27. The molecule has 0 aliphatic heterocycles. The van der Waals surface area contributed by atoms with Crippen LogP contribution in [0.3, 0.4) is 0 Å². The summed E-state index contributed by atoms with van der Waals surface area (Å²) in [4.78, 5) is 3.32. The maximum absolute atomic E-state index is 6.39. The van der Waals surface area contributed by atoms with Gasteiger partial charge < -0.3 is 15.0 Å². The fraction of sp³-hybridized carbons (Fsp3) is 0.125. The molecule has 108 valence electrons. The Bertz CT molecular complexity index is 783. The molecule has 0 aliphatic carbocycles. The molecule has 0 saturated heterocycles. The minimum atomic E-state index is 0.590. The van der Waals surface area contributed by atoms with Gasteiger partial charge in [0.05, 0.1) is 29.4 Å². The van der Waals surface area contributed by atoms with Crippen molar-refractivity contribution in [1.82, 2.24) is 4.98 Å². The van der Waals surface area contributed by atoms with Crippen molar-refractivity contribution in [2.24, 2.45) is 0 Å². The fourth-order valence-electron chi connectivity index (χ4n) is 2.25. The molecule has 0 bridgehead atoms. The normalized spacial score (nSPS) is 10.8. The van der Waals surface area contributed by atoms with Gasteiger partial charge in [-0.05, 0) is 18.2 Å². The van der Waals surface area contributed by atoms with Crippen molar-refractivity contribution < 1.29 is 4.74 Å². The molecule has 0 amide bonds. The lowest BCUT2D eigenvalue weighted by Gasteiger charge is -2.09. The molecule has 1 aromatic heterocycles. The topological polar surface area (TPSA) is 37.0 Å². The number of ether oxygens (including phenoxy) is 1. The molecule has 0 fully saturated rings. The number of H-pyrrole nitrogens is 1. The predicted molar refractivity (Wildman–Crippen MR) is 88.6 cm³/mol. The molecule has 3 nitrogen and oxygen atoms in total. The molecule has 0 saturated carbocycles. The van der Waals surface area contributed by atoms with Gasteiger partial charge in [0.15, 0.2) is 0 Å². The summed E-state index contributed by atoms with van der Waals surface area (Å²) in [7, 11) is 1.60. The van der Waals surface area contributed by atoms with Crippen LogP contribution in [0.5, 0.6) is 5.75 Å². The molecule has 0 aliphatic rings. The quantitative estimate of drug-likeness (QED) is 0.702. The second-order valence-corrected chi connectivity index (χ2v) is 5.45. The monoisotopic (exact) mass is 320 g/mol. The van der Waals surface area contributed by atoms with Crippen LogP contribution < -0.4 is 10.1 Å². The zero-order valence-corrected chi connectivity index (χ0v) is 12.9. The zero-order chi connectivity index (χ0) is 14.8. The number of para-hydroxylation sites is 1. The van der Waals surface area contributed by atoms with E-state index in [4.69, 9.17) is 27.9 Å². The number of aromatic amines is 1. The van der Waals surface area contributed by atoms with Gasteiger partial charge in [0.1, 0.15) is 5.75 Å². The number of aromatic nitrogens is 1. The van der Waals surface area contributed by atoms with E-state index in [0.717, 1.165) is 27.3 Å². The lowest BCUT2D eigenvalue weighted by atomic mass is 10.2. The number of hydrogen-bond donors (Lipinski definition) is 2. The number of anilines is 1. The van der Waals surface area contributed by atoms with Crippen molar-refractivity contribution in [3.63, 3.8) is 0 Å². The van der Waals surface area contributed by atoms with E-state index in [0.29, 0.717) is 17.3 Å². The lowest BCUT2D eigenvalue weighted by molar-refractivity contribution is 0.415. The summed E-state index contributed by atoms with van der Waals surface area (Å²) < 4.78 is 5.20. The average molecular weight is 321 g/mol. The number of fused-ring (bicyclic) bond motifs is 1. The van der Waals surface area contributed by atoms with E-state index < -0.39 is 0 Å². The Hall–Kier alpha value is -1.84. The summed E-state index contributed by atoms with van der Waals surface area (Å²) in [5.41, 5.74) is 2.91. The smallest absolute Gasteiger partial charge is 0.139 e. The summed E-state index contributed by atoms with van der Waals surface area (Å²) >= 11 is 12.4. The first kappa shape index (κ1) is 14.1. The first-order valence-electron chi connectivity index (χ1n) is 6.51. The zero-order valence-electron chi connectivity index (χ0n) is 11.4. The number of rotatable bonds is 4. The highest BCUT2D eigenvalue weighted by Crippen LogP contribution is 2.30. The van der Waals surface area contributed by atoms with Crippen molar-refractivity contribution in [2.45, 2.75) is 6.54 Å². The summed E-state index contributed by atoms with van der Waals surface area (Å²) in [6, 6.07) is 13.5. The first-order chi connectivity index (χ1) is 10.2. The van der Waals surface area contributed by atoms with E-state index in [9.17, 15) is 0 Å². The van der Waals surface area contributed by atoms with Crippen LogP contribution in [-0.2, 0) is 6.54 Å². The van der Waals surface area contributed by atoms with E-state index >= 15 is 0 Å². The van der Waals surface area contributed by atoms with E-state index in [1.54, 1.807) is 13.2 Å². The Labute approximate surface area is 132 Å². The molecule has 1 heterocycles. The molecule has 0 atom stereocenters. The van der Waals surface area contributed by atoms with E-state index in [1.165, 1.54) is 0 Å². The van der Waals surface area contributed by atoms with Gasteiger partial charge in [-0.1, -0.05) is 41.4 Å². The van der Waals surface area contributed by atoms with E-state index in [1.807, 2.05) is 36.4 Å². The minimum absolute atomic E-state index is 0.590. The Balaban J connectivity index is 1.82. The highest BCUT2D eigenvalue weighted by Gasteiger charge is 2.09. The van der Waals surface area contributed by atoms with Crippen LogP contribution in [0.25, 0.3) is 10.9 Å². The van der Waals surface area contributed by atoms with E-state index in [2.05, 4.69) is 10.3 Å². The van der Waals surface area contributed by atoms with Crippen LogP contribution in [-0.4, -0.2) is 12.1 Å². The summed E-state index contributed by atoms with van der Waals surface area (Å²) in [5.74, 6) is 0.643. The van der Waals surface area contributed by atoms with Gasteiger partial charge in [-0.25, -0.2) is 0 Å². The van der Waals surface area contributed by atoms with Crippen LogP contribution in [0.2, 0.25) is 10.0 Å². The third-order valence-electron chi connectivity index (χ3n) is 3.33. The molecule has 2 aromatic carbocycles. The van der Waals surface area contributed by atoms with Gasteiger partial charge in [-0.2, -0.15) is 0 Å². The number of benzene rings is 2. The van der Waals surface area contributed by atoms with Crippen LogP contribution in [0.4, 0.5) is 5.69 Å². The van der Waals surface area contributed by atoms with E-state index in [-0.39, 0.29) is 0 Å². The molecular formula is C16H14Cl2N2O. The second kappa shape index (κ2) is 5.88. The van der Waals surface area contributed by atoms with Crippen LogP contribution in [0.1, 0.15) is 5.69 Å². The number of methoxy groups -OCH3 is 1. The third kappa shape index (κ3) is 2.80. The van der Waals surface area contributed by atoms with Gasteiger partial charge in [0, 0.05) is 22.7 Å². The summed E-state index contributed by atoms with van der Waals surface area (Å²) in [6.07, 6.45) is 0. The van der Waals surface area contributed by atoms with Gasteiger partial charge in [0.25, 0.3) is 0 Å². The summed E-state index contributed by atoms with van der Waals surface area (Å²) in [6.45, 7) is 0.596. The van der Waals surface area contributed by atoms with Gasteiger partial charge in [-0.3, -0.25) is 0 Å². The Morgan fingerprint density at radius 2 is 1.95 bits per heavy atom. The molecule has 0 unspecified atom stereocenters. The van der Waals surface area contributed by atoms with Gasteiger partial charge in [-0.15, -0.1) is 0 Å². The standard InChI is InChI=1S/C16H14Cl2N2O/c1-21-15-8-10(6-7-12(15)17)19-9-14-16(18)11-4-2-3-5-13(11)20-14/h2-8,19-20H,9H2,1H3. The maximum Gasteiger partial charge on any atom is 0.139 e. The number of hydrogen-bond acceptors (Lipinski definition) is 2. The van der Waals surface area contributed by atoms with Crippen molar-refractivity contribution in [1.29, 1.82) is 0 Å². The van der Waals surface area contributed by atoms with Crippen molar-refractivity contribution in [3.8, 4) is 5.75 Å². The highest BCUT2D eigenvalue weighted by atomic mass is 35.5. The molecule has 0 spiro atoms. The Morgan fingerprint density at radius 3 is 2.71 bits per heavy atom. The highest BCUT2D eigenvalue weighted by molar-refractivity contribution is 6.36. The van der Waals surface area contributed by atoms with Crippen LogP contribution in [0.15, 0.2) is 42.5 Å². The maximum atomic E-state index is 6.39. The van der Waals surface area contributed by atoms with Crippen LogP contribution >= 0.6 is 23.2 Å². The number of halogens is 2. The average Bonchev–Trinajstić information content (AvgIpc) is 2.83. The summed E-state index contributed by atoms with van der Waals surface area (Å²) in [5, 5.41) is 5.68. The SMILES string of the molecule is COc1cc(NCc2[nH]c3ccccc3c2Cl)ccc1Cl. The number of nitrogens with one attached hydrogen (secondary N) is 2. The van der Waals surface area contributed by atoms with Gasteiger partial charge >= 0.3 is 0 Å².